The fourth-order valence-electron chi connectivity index (χ4n) is 6.02. The average Bonchev–Trinajstić information content (AvgIpc) is 2.77. The fourth-order valence-corrected chi connectivity index (χ4v) is 6.02. The molecule has 4 rings (SSSR count). The molecule has 2 fully saturated rings. The molecule has 0 aliphatic heterocycles. The number of rotatable bonds is 1. The van der Waals surface area contributed by atoms with Gasteiger partial charge in [-0.1, -0.05) is 19.9 Å². The highest BCUT2D eigenvalue weighted by Gasteiger charge is 2.56. The standard InChI is InChI=1S/C20H28O2/c1-12-10-18-17-6-4-13-11-14(22-3)5-7-15(13)16(17)8-9-20(18,2)19(12)21/h5,7,11-12,16-19,21H,4,6,8-10H2,1-3H3/t12-,16+,17+,18-,19-,20-/m0/s1. The molecule has 22 heavy (non-hydrogen) atoms. The van der Waals surface area contributed by atoms with Gasteiger partial charge < -0.3 is 9.84 Å². The van der Waals surface area contributed by atoms with Crippen LogP contribution in [0.2, 0.25) is 0 Å². The Morgan fingerprint density at radius 1 is 1.27 bits per heavy atom. The molecule has 0 radical (unpaired) electrons. The van der Waals surface area contributed by atoms with Crippen LogP contribution in [-0.4, -0.2) is 18.3 Å². The van der Waals surface area contributed by atoms with Crippen LogP contribution in [0.3, 0.4) is 0 Å². The highest BCUT2D eigenvalue weighted by atomic mass is 16.5. The Morgan fingerprint density at radius 3 is 2.86 bits per heavy atom. The molecule has 3 aliphatic rings. The normalized spacial score (nSPS) is 43.2. The zero-order chi connectivity index (χ0) is 15.5. The molecule has 120 valence electrons. The Kier molecular flexibility index (Phi) is 3.30. The van der Waals surface area contributed by atoms with Gasteiger partial charge in [0.25, 0.3) is 0 Å². The lowest BCUT2D eigenvalue weighted by atomic mass is 9.55. The van der Waals surface area contributed by atoms with Crippen molar-refractivity contribution in [3.05, 3.63) is 29.3 Å². The monoisotopic (exact) mass is 300 g/mol. The first-order valence-corrected chi connectivity index (χ1v) is 8.89. The lowest BCUT2D eigenvalue weighted by Crippen LogP contribution is -2.44. The molecule has 0 bridgehead atoms. The molecule has 1 N–H and O–H groups in total. The zero-order valence-electron chi connectivity index (χ0n) is 14.0. The first-order valence-electron chi connectivity index (χ1n) is 8.89. The lowest BCUT2D eigenvalue weighted by molar-refractivity contribution is -0.0309. The second kappa shape index (κ2) is 4.99. The van der Waals surface area contributed by atoms with Crippen molar-refractivity contribution in [2.45, 2.75) is 58.0 Å². The van der Waals surface area contributed by atoms with Crippen molar-refractivity contribution in [2.24, 2.45) is 23.2 Å². The third-order valence-corrected chi connectivity index (χ3v) is 7.21. The van der Waals surface area contributed by atoms with Crippen LogP contribution in [0.25, 0.3) is 0 Å². The summed E-state index contributed by atoms with van der Waals surface area (Å²) in [7, 11) is 1.75. The minimum atomic E-state index is -0.101. The largest absolute Gasteiger partial charge is 0.497 e. The summed E-state index contributed by atoms with van der Waals surface area (Å²) in [5.41, 5.74) is 3.22. The molecule has 6 atom stereocenters. The summed E-state index contributed by atoms with van der Waals surface area (Å²) in [6, 6.07) is 6.68. The third-order valence-electron chi connectivity index (χ3n) is 7.21. The quantitative estimate of drug-likeness (QED) is 0.844. The van der Waals surface area contributed by atoms with Crippen LogP contribution in [0.5, 0.6) is 5.75 Å². The molecule has 1 aromatic carbocycles. The van der Waals surface area contributed by atoms with E-state index in [1.807, 2.05) is 0 Å². The molecule has 2 heteroatoms. The maximum atomic E-state index is 10.7. The summed E-state index contributed by atoms with van der Waals surface area (Å²) >= 11 is 0. The Hall–Kier alpha value is -1.02. The second-order valence-corrected chi connectivity index (χ2v) is 8.18. The summed E-state index contributed by atoms with van der Waals surface area (Å²) in [5.74, 6) is 3.62. The topological polar surface area (TPSA) is 29.5 Å². The summed E-state index contributed by atoms with van der Waals surface area (Å²) in [6.45, 7) is 4.59. The van der Waals surface area contributed by atoms with Gasteiger partial charge in [0, 0.05) is 0 Å². The first kappa shape index (κ1) is 14.6. The van der Waals surface area contributed by atoms with Gasteiger partial charge >= 0.3 is 0 Å². The summed E-state index contributed by atoms with van der Waals surface area (Å²) in [4.78, 5) is 0. The molecule has 0 aromatic heterocycles. The molecule has 3 aliphatic carbocycles. The van der Waals surface area contributed by atoms with E-state index < -0.39 is 0 Å². The number of ether oxygens (including phenoxy) is 1. The van der Waals surface area contributed by atoms with Gasteiger partial charge in [-0.3, -0.25) is 0 Å². The van der Waals surface area contributed by atoms with E-state index in [2.05, 4.69) is 32.0 Å². The van der Waals surface area contributed by atoms with Crippen molar-refractivity contribution in [3.63, 3.8) is 0 Å². The number of fused-ring (bicyclic) bond motifs is 5. The van der Waals surface area contributed by atoms with Gasteiger partial charge in [0.1, 0.15) is 5.75 Å². The van der Waals surface area contributed by atoms with Crippen molar-refractivity contribution >= 4 is 0 Å². The average molecular weight is 300 g/mol. The number of aliphatic hydroxyl groups is 1. The summed E-state index contributed by atoms with van der Waals surface area (Å²) < 4.78 is 5.40. The van der Waals surface area contributed by atoms with Gasteiger partial charge in [-0.2, -0.15) is 0 Å². The predicted octanol–water partition coefficient (Wildman–Crippen LogP) is 4.16. The van der Waals surface area contributed by atoms with Gasteiger partial charge in [0.05, 0.1) is 13.2 Å². The van der Waals surface area contributed by atoms with E-state index in [4.69, 9.17) is 4.74 Å². The van der Waals surface area contributed by atoms with E-state index in [-0.39, 0.29) is 11.5 Å². The van der Waals surface area contributed by atoms with Crippen LogP contribution in [0.4, 0.5) is 0 Å². The molecule has 1 aromatic rings. The number of aliphatic hydroxyl groups excluding tert-OH is 1. The van der Waals surface area contributed by atoms with Gasteiger partial charge in [0.2, 0.25) is 0 Å². The number of hydrogen-bond donors (Lipinski definition) is 1. The summed E-state index contributed by atoms with van der Waals surface area (Å²) in [5, 5.41) is 10.7. The summed E-state index contributed by atoms with van der Waals surface area (Å²) in [6.07, 6.45) is 5.98. The fraction of sp³-hybridized carbons (Fsp3) is 0.700. The third kappa shape index (κ3) is 1.89. The van der Waals surface area contributed by atoms with Crippen LogP contribution in [-0.2, 0) is 6.42 Å². The number of benzene rings is 1. The van der Waals surface area contributed by atoms with Crippen molar-refractivity contribution in [2.75, 3.05) is 7.11 Å². The molecular formula is C20H28O2. The van der Waals surface area contributed by atoms with Crippen molar-refractivity contribution in [1.82, 2.24) is 0 Å². The van der Waals surface area contributed by atoms with Crippen molar-refractivity contribution < 1.29 is 9.84 Å². The van der Waals surface area contributed by atoms with E-state index in [9.17, 15) is 5.11 Å². The Labute approximate surface area is 133 Å². The van der Waals surface area contributed by atoms with E-state index in [1.54, 1.807) is 12.7 Å². The van der Waals surface area contributed by atoms with E-state index in [1.165, 1.54) is 37.7 Å². The van der Waals surface area contributed by atoms with E-state index in [0.29, 0.717) is 17.8 Å². The second-order valence-electron chi connectivity index (χ2n) is 8.18. The highest BCUT2D eigenvalue weighted by molar-refractivity contribution is 5.40. The Bertz CT molecular complexity index is 581. The minimum absolute atomic E-state index is 0.101. The van der Waals surface area contributed by atoms with E-state index >= 15 is 0 Å². The molecule has 2 saturated carbocycles. The molecule has 0 saturated heterocycles. The van der Waals surface area contributed by atoms with Gasteiger partial charge in [-0.05, 0) is 84.5 Å². The van der Waals surface area contributed by atoms with Crippen LogP contribution < -0.4 is 4.74 Å². The maximum Gasteiger partial charge on any atom is 0.119 e. The van der Waals surface area contributed by atoms with Crippen LogP contribution in [0.15, 0.2) is 18.2 Å². The molecule has 2 nitrogen and oxygen atoms in total. The van der Waals surface area contributed by atoms with E-state index in [0.717, 1.165) is 11.7 Å². The highest BCUT2D eigenvalue weighted by Crippen LogP contribution is 2.62. The van der Waals surface area contributed by atoms with Crippen molar-refractivity contribution in [3.8, 4) is 5.75 Å². The Morgan fingerprint density at radius 2 is 2.09 bits per heavy atom. The molecule has 0 heterocycles. The minimum Gasteiger partial charge on any atom is -0.497 e. The SMILES string of the molecule is COc1ccc2c(c1)CC[C@@H]1[C@@H]2CC[C@]2(C)[C@@H](O)[C@@H](C)C[C@@H]12. The van der Waals surface area contributed by atoms with Crippen LogP contribution in [0, 0.1) is 23.2 Å². The first-order chi connectivity index (χ1) is 10.5. The van der Waals surface area contributed by atoms with Crippen molar-refractivity contribution in [1.29, 1.82) is 0 Å². The van der Waals surface area contributed by atoms with Gasteiger partial charge in [0.15, 0.2) is 0 Å². The molecule has 0 spiro atoms. The smallest absolute Gasteiger partial charge is 0.119 e. The van der Waals surface area contributed by atoms with Gasteiger partial charge in [-0.15, -0.1) is 0 Å². The van der Waals surface area contributed by atoms with Crippen LogP contribution >= 0.6 is 0 Å². The maximum absolute atomic E-state index is 10.7. The predicted molar refractivity (Wildman–Crippen MR) is 88.2 cm³/mol. The molecule has 0 amide bonds. The lowest BCUT2D eigenvalue weighted by Gasteiger charge is -2.50. The molecular weight excluding hydrogens is 272 g/mol. The molecule has 0 unspecified atom stereocenters. The van der Waals surface area contributed by atoms with Gasteiger partial charge in [-0.25, -0.2) is 0 Å². The zero-order valence-corrected chi connectivity index (χ0v) is 14.0. The number of methoxy groups -OCH3 is 1. The Balaban J connectivity index is 1.69. The van der Waals surface area contributed by atoms with Crippen LogP contribution in [0.1, 0.15) is 56.6 Å². The number of aryl methyl sites for hydroxylation is 1. The number of hydrogen-bond acceptors (Lipinski definition) is 2.